The first-order valence-electron chi connectivity index (χ1n) is 13.2. The van der Waals surface area contributed by atoms with Crippen LogP contribution in [0.5, 0.6) is 0 Å². The topological polar surface area (TPSA) is 139 Å². The van der Waals surface area contributed by atoms with Crippen LogP contribution >= 0.6 is 0 Å². The van der Waals surface area contributed by atoms with E-state index in [1.807, 2.05) is 32.0 Å². The van der Waals surface area contributed by atoms with Gasteiger partial charge in [-0.1, -0.05) is 44.5 Å². The molecule has 0 heterocycles. The van der Waals surface area contributed by atoms with Gasteiger partial charge < -0.3 is 25.8 Å². The van der Waals surface area contributed by atoms with Crippen LogP contribution in [0.15, 0.2) is 42.5 Å². The number of aryl methyl sites for hydroxylation is 1. The molecule has 0 fully saturated rings. The van der Waals surface area contributed by atoms with E-state index < -0.39 is 57.4 Å². The lowest BCUT2D eigenvalue weighted by molar-refractivity contribution is -0.135. The third-order valence-corrected chi connectivity index (χ3v) is 8.14. The Bertz CT molecular complexity index is 1220. The Morgan fingerprint density at radius 1 is 1.07 bits per heavy atom. The summed E-state index contributed by atoms with van der Waals surface area (Å²) in [6.07, 6.45) is -0.660. The van der Waals surface area contributed by atoms with E-state index in [1.165, 1.54) is 4.90 Å². The zero-order chi connectivity index (χ0) is 29.9. The van der Waals surface area contributed by atoms with Crippen LogP contribution in [0.25, 0.3) is 0 Å². The molecule has 0 spiro atoms. The molecular weight excluding hydrogens is 544 g/mol. The Morgan fingerprint density at radius 2 is 1.73 bits per heavy atom. The SMILES string of the molecule is CCCCS(=O)(=O)C[C@H](NC(=O)OC)C(=O)N(Cc1cccc(CC)c1)C[C@@H](O)[C@@H](N)Cc1cc(F)cc(F)c1. The summed E-state index contributed by atoms with van der Waals surface area (Å²) in [6.45, 7) is 3.46. The van der Waals surface area contributed by atoms with Crippen LogP contribution in [-0.4, -0.2) is 73.8 Å². The van der Waals surface area contributed by atoms with E-state index in [9.17, 15) is 31.9 Å². The predicted molar refractivity (Wildman–Crippen MR) is 148 cm³/mol. The zero-order valence-corrected chi connectivity index (χ0v) is 23.9. The van der Waals surface area contributed by atoms with Crippen LogP contribution in [0.1, 0.15) is 43.4 Å². The number of benzene rings is 2. The summed E-state index contributed by atoms with van der Waals surface area (Å²) < 4.78 is 57.4. The molecule has 222 valence electrons. The number of hydrogen-bond acceptors (Lipinski definition) is 7. The van der Waals surface area contributed by atoms with Crippen molar-refractivity contribution in [3.63, 3.8) is 0 Å². The molecule has 2 rings (SSSR count). The van der Waals surface area contributed by atoms with Crippen LogP contribution in [0.4, 0.5) is 13.6 Å². The van der Waals surface area contributed by atoms with Crippen molar-refractivity contribution in [2.75, 3.05) is 25.2 Å². The number of nitrogens with one attached hydrogen (secondary N) is 1. The molecule has 0 radical (unpaired) electrons. The van der Waals surface area contributed by atoms with E-state index in [0.717, 1.165) is 37.3 Å². The third kappa shape index (κ3) is 10.8. The van der Waals surface area contributed by atoms with Gasteiger partial charge in [0.25, 0.3) is 0 Å². The molecular formula is C28H39F2N3O6S. The Hall–Kier alpha value is -3.09. The molecule has 12 heteroatoms. The van der Waals surface area contributed by atoms with Crippen LogP contribution in [-0.2, 0) is 38.8 Å². The quantitative estimate of drug-likeness (QED) is 0.293. The van der Waals surface area contributed by atoms with E-state index in [1.54, 1.807) is 6.07 Å². The molecule has 0 unspecified atom stereocenters. The number of ether oxygens (including phenoxy) is 1. The molecule has 2 amide bonds. The van der Waals surface area contributed by atoms with Gasteiger partial charge in [-0.3, -0.25) is 4.79 Å². The molecule has 0 saturated carbocycles. The fourth-order valence-electron chi connectivity index (χ4n) is 4.20. The normalized spacial score (nSPS) is 13.8. The highest BCUT2D eigenvalue weighted by Crippen LogP contribution is 2.15. The van der Waals surface area contributed by atoms with Crippen molar-refractivity contribution >= 4 is 21.8 Å². The van der Waals surface area contributed by atoms with E-state index in [-0.39, 0.29) is 30.8 Å². The highest BCUT2D eigenvalue weighted by molar-refractivity contribution is 7.91. The lowest BCUT2D eigenvalue weighted by Gasteiger charge is -2.31. The molecule has 2 aromatic carbocycles. The number of aliphatic hydroxyl groups is 1. The van der Waals surface area contributed by atoms with Crippen molar-refractivity contribution in [3.8, 4) is 0 Å². The highest BCUT2D eigenvalue weighted by Gasteiger charge is 2.33. The molecule has 0 aliphatic heterocycles. The first-order valence-corrected chi connectivity index (χ1v) is 15.0. The van der Waals surface area contributed by atoms with Gasteiger partial charge in [0.15, 0.2) is 9.84 Å². The lowest BCUT2D eigenvalue weighted by Crippen LogP contribution is -2.54. The second kappa shape index (κ2) is 15.6. The summed E-state index contributed by atoms with van der Waals surface area (Å²) in [5, 5.41) is 13.3. The number of rotatable bonds is 15. The molecule has 9 nitrogen and oxygen atoms in total. The average molecular weight is 584 g/mol. The summed E-state index contributed by atoms with van der Waals surface area (Å²) in [5.74, 6) is -3.14. The minimum absolute atomic E-state index is 0.0145. The highest BCUT2D eigenvalue weighted by atomic mass is 32.2. The van der Waals surface area contributed by atoms with Gasteiger partial charge in [-0.2, -0.15) is 0 Å². The molecule has 2 aromatic rings. The van der Waals surface area contributed by atoms with Crippen molar-refractivity contribution < 1.29 is 36.6 Å². The van der Waals surface area contributed by atoms with E-state index in [2.05, 4.69) is 10.1 Å². The average Bonchev–Trinajstić information content (AvgIpc) is 2.90. The number of carbonyl (C=O) groups excluding carboxylic acids is 2. The van der Waals surface area contributed by atoms with Gasteiger partial charge in [-0.15, -0.1) is 0 Å². The number of hydrogen-bond donors (Lipinski definition) is 3. The fraction of sp³-hybridized carbons (Fsp3) is 0.500. The number of sulfone groups is 1. The molecule has 40 heavy (non-hydrogen) atoms. The lowest BCUT2D eigenvalue weighted by atomic mass is 10.0. The van der Waals surface area contributed by atoms with E-state index in [4.69, 9.17) is 5.73 Å². The summed E-state index contributed by atoms with van der Waals surface area (Å²) in [7, 11) is -2.64. The van der Waals surface area contributed by atoms with Crippen molar-refractivity contribution in [1.29, 1.82) is 0 Å². The van der Waals surface area contributed by atoms with Crippen LogP contribution < -0.4 is 11.1 Å². The largest absolute Gasteiger partial charge is 0.453 e. The monoisotopic (exact) mass is 583 g/mol. The number of unbranched alkanes of at least 4 members (excludes halogenated alkanes) is 1. The number of nitrogens with two attached hydrogens (primary N) is 1. The summed E-state index contributed by atoms with van der Waals surface area (Å²) in [4.78, 5) is 27.0. The van der Waals surface area contributed by atoms with Crippen LogP contribution in [0.2, 0.25) is 0 Å². The standard InChI is InChI=1S/C28H39F2N3O6S/c1-4-6-10-40(37,38)18-25(32-28(36)39-3)27(35)33(16-20-9-7-8-19(5-2)11-20)17-26(34)24(31)14-21-12-22(29)15-23(30)13-21/h7-9,11-13,15,24-26,34H,4-6,10,14,16-18,31H2,1-3H3,(H,32,36)/t24-,25-,26+/m0/s1. The van der Waals surface area contributed by atoms with E-state index in [0.29, 0.717) is 18.4 Å². The van der Waals surface area contributed by atoms with Crippen LogP contribution in [0.3, 0.4) is 0 Å². The van der Waals surface area contributed by atoms with Crippen molar-refractivity contribution in [1.82, 2.24) is 10.2 Å². The molecule has 0 saturated heterocycles. The van der Waals surface area contributed by atoms with Gasteiger partial charge in [0.2, 0.25) is 5.91 Å². The smallest absolute Gasteiger partial charge is 0.407 e. The molecule has 0 aliphatic rings. The summed E-state index contributed by atoms with van der Waals surface area (Å²) >= 11 is 0. The van der Waals surface area contributed by atoms with Gasteiger partial charge in [0.05, 0.1) is 24.7 Å². The molecule has 0 bridgehead atoms. The maximum atomic E-state index is 13.8. The minimum atomic E-state index is -3.73. The minimum Gasteiger partial charge on any atom is -0.453 e. The maximum Gasteiger partial charge on any atom is 0.407 e. The second-order valence-electron chi connectivity index (χ2n) is 9.76. The number of amides is 2. The first-order chi connectivity index (χ1) is 18.9. The number of aliphatic hydroxyl groups excluding tert-OH is 1. The predicted octanol–water partition coefficient (Wildman–Crippen LogP) is 2.73. The number of halogens is 2. The third-order valence-electron chi connectivity index (χ3n) is 6.39. The zero-order valence-electron chi connectivity index (χ0n) is 23.1. The van der Waals surface area contributed by atoms with Crippen LogP contribution in [0, 0.1) is 11.6 Å². The Morgan fingerprint density at radius 3 is 2.33 bits per heavy atom. The summed E-state index contributed by atoms with van der Waals surface area (Å²) in [6, 6.07) is 7.82. The van der Waals surface area contributed by atoms with Gasteiger partial charge >= 0.3 is 6.09 Å². The first kappa shape index (κ1) is 33.1. The Labute approximate surface area is 234 Å². The molecule has 3 atom stereocenters. The van der Waals surface area contributed by atoms with E-state index >= 15 is 0 Å². The number of carbonyl (C=O) groups is 2. The Balaban J connectivity index is 2.36. The molecule has 0 aromatic heterocycles. The Kier molecular flexibility index (Phi) is 12.9. The number of alkyl carbamates (subject to hydrolysis) is 1. The van der Waals surface area contributed by atoms with Crippen molar-refractivity contribution in [2.45, 2.75) is 64.3 Å². The second-order valence-corrected chi connectivity index (χ2v) is 12.0. The van der Waals surface area contributed by atoms with Crippen molar-refractivity contribution in [3.05, 3.63) is 70.8 Å². The number of nitrogens with zero attached hydrogens (tertiary/aromatic N) is 1. The van der Waals surface area contributed by atoms with Gasteiger partial charge in [0, 0.05) is 25.2 Å². The van der Waals surface area contributed by atoms with Gasteiger partial charge in [-0.25, -0.2) is 22.0 Å². The van der Waals surface area contributed by atoms with Gasteiger partial charge in [0.1, 0.15) is 17.7 Å². The molecule has 0 aliphatic carbocycles. The number of methoxy groups -OCH3 is 1. The fourth-order valence-corrected chi connectivity index (χ4v) is 5.83. The van der Waals surface area contributed by atoms with Crippen molar-refractivity contribution in [2.24, 2.45) is 5.73 Å². The summed E-state index contributed by atoms with van der Waals surface area (Å²) in [5.41, 5.74) is 8.10. The maximum absolute atomic E-state index is 13.8. The molecule has 4 N–H and O–H groups in total. The van der Waals surface area contributed by atoms with Gasteiger partial charge in [-0.05, 0) is 48.1 Å².